The summed E-state index contributed by atoms with van der Waals surface area (Å²) in [5.74, 6) is 0.189. The van der Waals surface area contributed by atoms with Crippen LogP contribution in [0, 0.1) is 0 Å². The van der Waals surface area contributed by atoms with Gasteiger partial charge in [-0.15, -0.1) is 0 Å². The molecule has 0 spiro atoms. The van der Waals surface area contributed by atoms with Crippen molar-refractivity contribution in [3.63, 3.8) is 0 Å². The third-order valence-corrected chi connectivity index (χ3v) is 1.99. The minimum absolute atomic E-state index is 0.189. The summed E-state index contributed by atoms with van der Waals surface area (Å²) >= 11 is 2.42. The molecule has 1 aliphatic heterocycles. The van der Waals surface area contributed by atoms with E-state index in [0.29, 0.717) is 6.54 Å². The quantitative estimate of drug-likeness (QED) is 0.396. The standard InChI is InChI=1S/C5H10N2O.Al/c1-7-3-2-6-5(8)4-7;/h2-4H2,1H3,(H,6,8);/q;+1/p-1. The van der Waals surface area contributed by atoms with Crippen LogP contribution in [0.15, 0.2) is 0 Å². The van der Waals surface area contributed by atoms with E-state index >= 15 is 0 Å². The largest absolute Gasteiger partial charge is 0.449 e. The second-order valence-corrected chi connectivity index (χ2v) is 2.95. The molecule has 3 nitrogen and oxygen atoms in total. The van der Waals surface area contributed by atoms with Gasteiger partial charge in [-0.2, -0.15) is 0 Å². The molecule has 1 amide bonds. The summed E-state index contributed by atoms with van der Waals surface area (Å²) in [5.41, 5.74) is 0. The first kappa shape index (κ1) is 7.07. The van der Waals surface area contributed by atoms with Gasteiger partial charge in [0.05, 0.1) is 6.54 Å². The molecule has 0 aromatic carbocycles. The van der Waals surface area contributed by atoms with E-state index in [1.54, 1.807) is 3.88 Å². The molecule has 0 bridgehead atoms. The summed E-state index contributed by atoms with van der Waals surface area (Å²) in [6, 6.07) is 0. The Morgan fingerprint density at radius 1 is 1.56 bits per heavy atom. The van der Waals surface area contributed by atoms with Gasteiger partial charge < -0.3 is 3.88 Å². The molecule has 1 fully saturated rings. The van der Waals surface area contributed by atoms with E-state index in [0.717, 1.165) is 13.1 Å². The molecule has 48 valence electrons. The van der Waals surface area contributed by atoms with Crippen LogP contribution in [0.25, 0.3) is 0 Å². The van der Waals surface area contributed by atoms with E-state index in [-0.39, 0.29) is 5.91 Å². The van der Waals surface area contributed by atoms with Gasteiger partial charge in [0.15, 0.2) is 0 Å². The predicted molar refractivity (Wildman–Crippen MR) is 35.0 cm³/mol. The zero-order chi connectivity index (χ0) is 6.85. The van der Waals surface area contributed by atoms with Gasteiger partial charge in [-0.1, -0.05) is 0 Å². The first-order chi connectivity index (χ1) is 4.20. The number of carbonyl (C=O) groups excluding carboxylic acids is 1. The van der Waals surface area contributed by atoms with Gasteiger partial charge in [-0.05, 0) is 7.05 Å². The molecule has 0 atom stereocenters. The van der Waals surface area contributed by atoms with Gasteiger partial charge in [-0.25, -0.2) is 0 Å². The number of amides is 1. The van der Waals surface area contributed by atoms with Crippen LogP contribution in [0.2, 0.25) is 0 Å². The molecule has 0 aromatic heterocycles. The maximum atomic E-state index is 10.9. The van der Waals surface area contributed by atoms with E-state index in [2.05, 4.69) is 16.5 Å². The second-order valence-electron chi connectivity index (χ2n) is 2.32. The van der Waals surface area contributed by atoms with Crippen molar-refractivity contribution in [1.29, 1.82) is 0 Å². The molecule has 0 aromatic rings. The van der Waals surface area contributed by atoms with Crippen molar-refractivity contribution < 1.29 is 4.79 Å². The van der Waals surface area contributed by atoms with Gasteiger partial charge in [0, 0.05) is 13.1 Å². The van der Waals surface area contributed by atoms with Gasteiger partial charge >= 0.3 is 16.5 Å². The fraction of sp³-hybridized carbons (Fsp3) is 0.800. The van der Waals surface area contributed by atoms with Crippen molar-refractivity contribution in [2.24, 2.45) is 0 Å². The van der Waals surface area contributed by atoms with Crippen LogP contribution in [0.1, 0.15) is 0 Å². The van der Waals surface area contributed by atoms with E-state index in [1.165, 1.54) is 0 Å². The van der Waals surface area contributed by atoms with Crippen LogP contribution < -0.4 is 0 Å². The molecule has 0 N–H and O–H groups in total. The van der Waals surface area contributed by atoms with Crippen molar-refractivity contribution in [2.75, 3.05) is 26.7 Å². The zero-order valence-corrected chi connectivity index (χ0v) is 6.66. The van der Waals surface area contributed by atoms with Crippen molar-refractivity contribution in [2.45, 2.75) is 0 Å². The monoisotopic (exact) mass is 140 g/mol. The Balaban J connectivity index is 2.44. The van der Waals surface area contributed by atoms with Crippen LogP contribution in [-0.2, 0) is 4.79 Å². The first-order valence-electron chi connectivity index (χ1n) is 2.94. The third-order valence-electron chi connectivity index (χ3n) is 1.45. The molecule has 1 rings (SSSR count). The average molecular weight is 140 g/mol. The SMILES string of the molecule is CN1CC[N]([Al])C(=O)C1. The highest BCUT2D eigenvalue weighted by Gasteiger charge is 2.15. The normalized spacial score (nSPS) is 22.8. The van der Waals surface area contributed by atoms with Crippen molar-refractivity contribution in [3.05, 3.63) is 0 Å². The Labute approximate surface area is 63.3 Å². The van der Waals surface area contributed by atoms with Crippen LogP contribution in [0.5, 0.6) is 0 Å². The lowest BCUT2D eigenvalue weighted by molar-refractivity contribution is -0.130. The molecular weight excluding hydrogens is 131 g/mol. The number of hydrogen-bond donors (Lipinski definition) is 0. The lowest BCUT2D eigenvalue weighted by Crippen LogP contribution is -2.47. The average Bonchev–Trinajstić information content (AvgIpc) is 1.80. The Morgan fingerprint density at radius 2 is 2.22 bits per heavy atom. The van der Waals surface area contributed by atoms with Gasteiger partial charge in [0.25, 0.3) is 0 Å². The maximum Gasteiger partial charge on any atom is 0.314 e. The highest BCUT2D eigenvalue weighted by molar-refractivity contribution is 6.14. The van der Waals surface area contributed by atoms with Crippen LogP contribution in [0.3, 0.4) is 0 Å². The van der Waals surface area contributed by atoms with Crippen LogP contribution in [-0.4, -0.2) is 57.9 Å². The van der Waals surface area contributed by atoms with Crippen LogP contribution in [0.4, 0.5) is 0 Å². The maximum absolute atomic E-state index is 10.9. The van der Waals surface area contributed by atoms with Gasteiger partial charge in [-0.3, -0.25) is 9.69 Å². The lowest BCUT2D eigenvalue weighted by atomic mass is 10.4. The molecule has 1 heterocycles. The molecule has 2 radical (unpaired) electrons. The first-order valence-corrected chi connectivity index (χ1v) is 3.45. The van der Waals surface area contributed by atoms with Gasteiger partial charge in [0.1, 0.15) is 0 Å². The lowest BCUT2D eigenvalue weighted by Gasteiger charge is -2.30. The van der Waals surface area contributed by atoms with E-state index in [4.69, 9.17) is 0 Å². The van der Waals surface area contributed by atoms with E-state index in [9.17, 15) is 4.79 Å². The number of carbonyl (C=O) groups is 1. The van der Waals surface area contributed by atoms with Gasteiger partial charge in [0.2, 0.25) is 5.91 Å². The highest BCUT2D eigenvalue weighted by Crippen LogP contribution is 1.95. The summed E-state index contributed by atoms with van der Waals surface area (Å²) in [6.45, 7) is 2.37. The Kier molecular flexibility index (Phi) is 2.12. The molecule has 0 saturated carbocycles. The topological polar surface area (TPSA) is 23.6 Å². The fourth-order valence-corrected chi connectivity index (χ4v) is 1.00. The number of piperazine rings is 1. The number of rotatable bonds is 0. The van der Waals surface area contributed by atoms with Crippen molar-refractivity contribution >= 4 is 22.4 Å². The number of nitrogens with zero attached hydrogens (tertiary/aromatic N) is 2. The predicted octanol–water partition coefficient (Wildman–Crippen LogP) is -1.16. The second kappa shape index (κ2) is 2.70. The smallest absolute Gasteiger partial charge is 0.314 e. The highest BCUT2D eigenvalue weighted by atomic mass is 27.1. The molecule has 0 aliphatic carbocycles. The van der Waals surface area contributed by atoms with E-state index in [1.807, 2.05) is 11.9 Å². The zero-order valence-electron chi connectivity index (χ0n) is 5.50. The molecule has 9 heavy (non-hydrogen) atoms. The minimum atomic E-state index is 0.189. The Morgan fingerprint density at radius 3 is 2.67 bits per heavy atom. The molecule has 4 heteroatoms. The minimum Gasteiger partial charge on any atom is -0.449 e. The summed E-state index contributed by atoms with van der Waals surface area (Å²) in [7, 11) is 1.95. The fourth-order valence-electron chi connectivity index (χ4n) is 0.804. The Bertz CT molecular complexity index is 128. The summed E-state index contributed by atoms with van der Waals surface area (Å²) in [5, 5.41) is 0. The third kappa shape index (κ3) is 1.68. The summed E-state index contributed by atoms with van der Waals surface area (Å²) in [6.07, 6.45) is 0. The molecule has 0 unspecified atom stereocenters. The summed E-state index contributed by atoms with van der Waals surface area (Å²) < 4.78 is 1.68. The number of likely N-dealkylation sites (N-methyl/N-ethyl adjacent to an activating group) is 1. The van der Waals surface area contributed by atoms with Crippen molar-refractivity contribution in [1.82, 2.24) is 8.78 Å². The Hall–Kier alpha value is -0.0375. The summed E-state index contributed by atoms with van der Waals surface area (Å²) in [4.78, 5) is 12.9. The molecular formula is C5H9AlN2O. The number of hydrogen-bond acceptors (Lipinski definition) is 2. The van der Waals surface area contributed by atoms with Crippen molar-refractivity contribution in [3.8, 4) is 0 Å². The molecule has 1 saturated heterocycles. The van der Waals surface area contributed by atoms with Crippen LogP contribution >= 0.6 is 0 Å². The van der Waals surface area contributed by atoms with E-state index < -0.39 is 0 Å². The molecule has 1 aliphatic rings.